The number of imide groups is 1. The Bertz CT molecular complexity index is 204. The van der Waals surface area contributed by atoms with Gasteiger partial charge >= 0.3 is 0 Å². The Morgan fingerprint density at radius 3 is 2.09 bits per heavy atom. The van der Waals surface area contributed by atoms with Crippen molar-refractivity contribution in [2.24, 2.45) is 0 Å². The second-order valence-corrected chi connectivity index (χ2v) is 3.01. The zero-order valence-corrected chi connectivity index (χ0v) is 6.70. The van der Waals surface area contributed by atoms with E-state index in [2.05, 4.69) is 0 Å². The van der Waals surface area contributed by atoms with Crippen LogP contribution in [0.5, 0.6) is 0 Å². The van der Waals surface area contributed by atoms with Gasteiger partial charge in [0.15, 0.2) is 0 Å². The van der Waals surface area contributed by atoms with Crippen LogP contribution < -0.4 is 0 Å². The van der Waals surface area contributed by atoms with Gasteiger partial charge in [0, 0.05) is 12.2 Å². The van der Waals surface area contributed by atoms with Crippen molar-refractivity contribution >= 4 is 19.2 Å². The van der Waals surface area contributed by atoms with Gasteiger partial charge in [0.2, 0.25) is 11.8 Å². The molecule has 0 aromatic carbocycles. The third-order valence-corrected chi connectivity index (χ3v) is 1.45. The van der Waals surface area contributed by atoms with Crippen molar-refractivity contribution in [2.45, 2.75) is 19.7 Å². The Balaban J connectivity index is 2.59. The number of carbonyl (C=O) groups is 2. The maximum absolute atomic E-state index is 10.9. The lowest BCUT2D eigenvalue weighted by molar-refractivity contribution is -0.131. The largest absolute Gasteiger partial charge is 0.326 e. The summed E-state index contributed by atoms with van der Waals surface area (Å²) < 4.78 is 0. The van der Waals surface area contributed by atoms with Gasteiger partial charge in [-0.15, -0.1) is 0 Å². The van der Waals surface area contributed by atoms with Gasteiger partial charge in [-0.2, -0.15) is 0 Å². The minimum absolute atomic E-state index is 0.191. The molecule has 1 rings (SSSR count). The highest BCUT2D eigenvalue weighted by Crippen LogP contribution is 2.07. The average molecular weight is 151 g/mol. The van der Waals surface area contributed by atoms with Crippen LogP contribution >= 0.6 is 0 Å². The Labute approximate surface area is 66.3 Å². The Hall–Kier alpha value is -1.06. The fraction of sp³-hybridized carbons (Fsp3) is 0.429. The molecule has 0 N–H and O–H groups in total. The normalized spacial score (nSPS) is 16.8. The molecule has 0 aromatic rings. The van der Waals surface area contributed by atoms with Gasteiger partial charge in [-0.05, 0) is 0 Å². The van der Waals surface area contributed by atoms with Crippen molar-refractivity contribution in [1.82, 2.24) is 4.81 Å². The second kappa shape index (κ2) is 2.90. The van der Waals surface area contributed by atoms with Gasteiger partial charge < -0.3 is 4.81 Å². The lowest BCUT2D eigenvalue weighted by Gasteiger charge is -2.13. The van der Waals surface area contributed by atoms with E-state index in [0.717, 1.165) is 0 Å². The first-order valence-corrected chi connectivity index (χ1v) is 3.65. The monoisotopic (exact) mass is 151 g/mol. The maximum atomic E-state index is 10.9. The number of carbonyl (C=O) groups excluding carboxylic acids is 2. The molecular weight excluding hydrogens is 141 g/mol. The van der Waals surface area contributed by atoms with E-state index in [1.807, 2.05) is 13.8 Å². The molecule has 1 aliphatic heterocycles. The standard InChI is InChI=1S/C7H10BNO2/c1-5(2)8-9-6(10)3-4-7(9)11/h3-5,8H,1-2H3. The minimum Gasteiger partial charge on any atom is -0.326 e. The molecule has 2 amide bonds. The number of amides is 2. The molecule has 1 aliphatic rings. The molecule has 0 aliphatic carbocycles. The van der Waals surface area contributed by atoms with Crippen LogP contribution in [0.2, 0.25) is 5.82 Å². The van der Waals surface area contributed by atoms with Crippen LogP contribution in [0.25, 0.3) is 0 Å². The first-order chi connectivity index (χ1) is 5.11. The summed E-state index contributed by atoms with van der Waals surface area (Å²) in [6.07, 6.45) is 2.62. The molecule has 0 radical (unpaired) electrons. The third-order valence-electron chi connectivity index (χ3n) is 1.45. The van der Waals surface area contributed by atoms with Crippen molar-refractivity contribution < 1.29 is 9.59 Å². The number of hydrogen-bond acceptors (Lipinski definition) is 2. The highest BCUT2D eigenvalue weighted by atomic mass is 16.2. The quantitative estimate of drug-likeness (QED) is 0.414. The second-order valence-electron chi connectivity index (χ2n) is 3.01. The number of hydrogen-bond donors (Lipinski definition) is 0. The highest BCUT2D eigenvalue weighted by Gasteiger charge is 2.24. The highest BCUT2D eigenvalue weighted by molar-refractivity contribution is 6.47. The van der Waals surface area contributed by atoms with Crippen molar-refractivity contribution in [3.8, 4) is 0 Å². The predicted molar refractivity (Wildman–Crippen MR) is 43.2 cm³/mol. The lowest BCUT2D eigenvalue weighted by Crippen LogP contribution is -2.34. The van der Waals surface area contributed by atoms with E-state index in [-0.39, 0.29) is 11.8 Å². The molecule has 0 aromatic heterocycles. The van der Waals surface area contributed by atoms with Crippen LogP contribution in [0.15, 0.2) is 12.2 Å². The van der Waals surface area contributed by atoms with Crippen LogP contribution in [0, 0.1) is 0 Å². The molecule has 0 unspecified atom stereocenters. The molecule has 0 fully saturated rings. The molecule has 0 atom stereocenters. The fourth-order valence-corrected chi connectivity index (χ4v) is 0.976. The molecule has 0 saturated heterocycles. The first-order valence-electron chi connectivity index (χ1n) is 3.65. The van der Waals surface area contributed by atoms with Crippen molar-refractivity contribution in [1.29, 1.82) is 0 Å². The van der Waals surface area contributed by atoms with Gasteiger partial charge in [0.05, 0.1) is 0 Å². The van der Waals surface area contributed by atoms with E-state index >= 15 is 0 Å². The summed E-state index contributed by atoms with van der Waals surface area (Å²) >= 11 is 0. The van der Waals surface area contributed by atoms with Crippen molar-refractivity contribution in [3.05, 3.63) is 12.2 Å². The van der Waals surface area contributed by atoms with E-state index in [0.29, 0.717) is 13.2 Å². The van der Waals surface area contributed by atoms with Crippen molar-refractivity contribution in [3.63, 3.8) is 0 Å². The molecule has 11 heavy (non-hydrogen) atoms. The fourth-order valence-electron chi connectivity index (χ4n) is 0.976. The van der Waals surface area contributed by atoms with E-state index in [1.54, 1.807) is 0 Å². The van der Waals surface area contributed by atoms with Crippen LogP contribution in [-0.4, -0.2) is 24.0 Å². The smallest absolute Gasteiger partial charge is 0.253 e. The zero-order valence-electron chi connectivity index (χ0n) is 6.70. The number of rotatable bonds is 2. The van der Waals surface area contributed by atoms with Crippen molar-refractivity contribution in [2.75, 3.05) is 0 Å². The Kier molecular flexibility index (Phi) is 2.12. The van der Waals surface area contributed by atoms with E-state index < -0.39 is 0 Å². The van der Waals surface area contributed by atoms with Crippen LogP contribution in [0.4, 0.5) is 0 Å². The third kappa shape index (κ3) is 1.70. The molecule has 0 bridgehead atoms. The molecule has 4 heteroatoms. The summed E-state index contributed by atoms with van der Waals surface area (Å²) in [6.45, 7) is 3.94. The van der Waals surface area contributed by atoms with Gasteiger partial charge in [-0.25, -0.2) is 0 Å². The summed E-state index contributed by atoms with van der Waals surface area (Å²) in [5, 5.41) is 0. The molecule has 3 nitrogen and oxygen atoms in total. The van der Waals surface area contributed by atoms with Crippen LogP contribution in [-0.2, 0) is 9.59 Å². The topological polar surface area (TPSA) is 37.4 Å². The van der Waals surface area contributed by atoms with Crippen LogP contribution in [0.1, 0.15) is 13.8 Å². The zero-order chi connectivity index (χ0) is 8.43. The minimum atomic E-state index is -0.191. The summed E-state index contributed by atoms with van der Waals surface area (Å²) in [5.41, 5.74) is 0. The maximum Gasteiger partial charge on any atom is 0.253 e. The van der Waals surface area contributed by atoms with E-state index in [9.17, 15) is 9.59 Å². The molecule has 0 saturated carbocycles. The summed E-state index contributed by atoms with van der Waals surface area (Å²) in [7, 11) is 0.519. The van der Waals surface area contributed by atoms with Gasteiger partial charge in [-0.1, -0.05) is 19.7 Å². The number of nitrogens with zero attached hydrogens (tertiary/aromatic N) is 1. The average Bonchev–Trinajstić information content (AvgIpc) is 2.18. The molecule has 58 valence electrons. The summed E-state index contributed by atoms with van der Waals surface area (Å²) in [6, 6.07) is 0. The van der Waals surface area contributed by atoms with Gasteiger partial charge in [0.25, 0.3) is 7.41 Å². The molecule has 1 heterocycles. The Morgan fingerprint density at radius 1 is 1.27 bits per heavy atom. The van der Waals surface area contributed by atoms with E-state index in [4.69, 9.17) is 0 Å². The lowest BCUT2D eigenvalue weighted by atomic mass is 9.76. The summed E-state index contributed by atoms with van der Waals surface area (Å²) in [5.74, 6) is -0.0461. The van der Waals surface area contributed by atoms with Gasteiger partial charge in [-0.3, -0.25) is 9.59 Å². The van der Waals surface area contributed by atoms with Crippen LogP contribution in [0.3, 0.4) is 0 Å². The first kappa shape index (κ1) is 8.05. The van der Waals surface area contributed by atoms with E-state index in [1.165, 1.54) is 17.0 Å². The predicted octanol–water partition coefficient (Wildman–Crippen LogP) is 0.0912. The molecule has 0 spiro atoms. The Morgan fingerprint density at radius 2 is 1.73 bits per heavy atom. The van der Waals surface area contributed by atoms with Gasteiger partial charge in [0.1, 0.15) is 0 Å². The summed E-state index contributed by atoms with van der Waals surface area (Å²) in [4.78, 5) is 23.1. The molecular formula is C7H10BNO2. The SMILES string of the molecule is CC(C)BN1C(=O)C=CC1=O.